The zero-order valence-corrected chi connectivity index (χ0v) is 14.6. The van der Waals surface area contributed by atoms with E-state index < -0.39 is 5.97 Å². The van der Waals surface area contributed by atoms with E-state index in [-0.39, 0.29) is 24.1 Å². The van der Waals surface area contributed by atoms with Crippen LogP contribution in [0.5, 0.6) is 0 Å². The van der Waals surface area contributed by atoms with Gasteiger partial charge in [0, 0.05) is 25.8 Å². The van der Waals surface area contributed by atoms with Gasteiger partial charge in [-0.25, -0.2) is 4.79 Å². The van der Waals surface area contributed by atoms with Gasteiger partial charge in [0.15, 0.2) is 6.61 Å². The van der Waals surface area contributed by atoms with E-state index in [1.807, 2.05) is 49.3 Å². The van der Waals surface area contributed by atoms with Crippen molar-refractivity contribution in [3.8, 4) is 6.07 Å². The maximum Gasteiger partial charge on any atom is 0.349 e. The number of nitriles is 1. The first kappa shape index (κ1) is 18.5. The van der Waals surface area contributed by atoms with Crippen molar-refractivity contribution in [2.45, 2.75) is 31.7 Å². The summed E-state index contributed by atoms with van der Waals surface area (Å²) in [6.07, 6.45) is 5.60. The largest absolute Gasteiger partial charge is 0.451 e. The fourth-order valence-corrected chi connectivity index (χ4v) is 2.72. The average molecular weight is 341 g/mol. The Balaban J connectivity index is 1.91. The van der Waals surface area contributed by atoms with E-state index in [9.17, 15) is 9.59 Å². The van der Waals surface area contributed by atoms with Gasteiger partial charge in [-0.2, -0.15) is 5.26 Å². The van der Waals surface area contributed by atoms with Crippen molar-refractivity contribution in [3.63, 3.8) is 0 Å². The molecule has 6 heteroatoms. The number of hydrogen-bond donors (Lipinski definition) is 1. The van der Waals surface area contributed by atoms with E-state index in [1.54, 1.807) is 0 Å². The van der Waals surface area contributed by atoms with Crippen molar-refractivity contribution in [1.29, 1.82) is 5.26 Å². The second kappa shape index (κ2) is 8.88. The zero-order valence-electron chi connectivity index (χ0n) is 14.6. The quantitative estimate of drug-likeness (QED) is 0.487. The van der Waals surface area contributed by atoms with Crippen molar-refractivity contribution < 1.29 is 14.3 Å². The predicted molar refractivity (Wildman–Crippen MR) is 95.7 cm³/mol. The molecule has 1 fully saturated rings. The standard InChI is InChI=1S/C19H23N3O3/c1-22(2)17-9-7-14(8-10-17)11-15(12-20)19(24)25-13-18(23)21-16-5-3-4-6-16/h7-11,16H,3-6,13H2,1-2H3,(H,21,23)/b15-11+. The topological polar surface area (TPSA) is 82.4 Å². The minimum Gasteiger partial charge on any atom is -0.451 e. The van der Waals surface area contributed by atoms with Gasteiger partial charge in [0.25, 0.3) is 5.91 Å². The van der Waals surface area contributed by atoms with Gasteiger partial charge < -0.3 is 15.0 Å². The molecule has 0 radical (unpaired) electrons. The van der Waals surface area contributed by atoms with Crippen LogP contribution >= 0.6 is 0 Å². The van der Waals surface area contributed by atoms with Crippen molar-refractivity contribution >= 4 is 23.6 Å². The van der Waals surface area contributed by atoms with Crippen LogP contribution < -0.4 is 10.2 Å². The molecule has 25 heavy (non-hydrogen) atoms. The number of amides is 1. The molecule has 0 atom stereocenters. The lowest BCUT2D eigenvalue weighted by Crippen LogP contribution is -2.36. The predicted octanol–water partition coefficient (Wildman–Crippen LogP) is 2.26. The third-order valence-corrected chi connectivity index (χ3v) is 4.12. The molecule has 0 aliphatic heterocycles. The second-order valence-corrected chi connectivity index (χ2v) is 6.28. The van der Waals surface area contributed by atoms with Gasteiger partial charge in [-0.05, 0) is 36.6 Å². The Morgan fingerprint density at radius 1 is 1.28 bits per heavy atom. The fraction of sp³-hybridized carbons (Fsp3) is 0.421. The molecule has 2 rings (SSSR count). The summed E-state index contributed by atoms with van der Waals surface area (Å²) in [7, 11) is 3.86. The summed E-state index contributed by atoms with van der Waals surface area (Å²) in [6, 6.07) is 9.41. The number of carbonyl (C=O) groups excluding carboxylic acids is 2. The van der Waals surface area contributed by atoms with Gasteiger partial charge in [-0.15, -0.1) is 0 Å². The molecule has 0 bridgehead atoms. The van der Waals surface area contributed by atoms with Crippen LogP contribution in [-0.4, -0.2) is 38.6 Å². The Morgan fingerprint density at radius 3 is 2.48 bits per heavy atom. The average Bonchev–Trinajstić information content (AvgIpc) is 3.10. The lowest BCUT2D eigenvalue weighted by molar-refractivity contribution is -0.144. The third kappa shape index (κ3) is 5.64. The molecule has 0 spiro atoms. The smallest absolute Gasteiger partial charge is 0.349 e. The highest BCUT2D eigenvalue weighted by atomic mass is 16.5. The van der Waals surface area contributed by atoms with Gasteiger partial charge in [-0.3, -0.25) is 4.79 Å². The number of nitrogens with one attached hydrogen (secondary N) is 1. The van der Waals surface area contributed by atoms with E-state index in [1.165, 1.54) is 6.08 Å². The Bertz CT molecular complexity index is 681. The van der Waals surface area contributed by atoms with Crippen LogP contribution in [0, 0.1) is 11.3 Å². The van der Waals surface area contributed by atoms with Crippen LogP contribution in [0.2, 0.25) is 0 Å². The molecule has 0 saturated heterocycles. The Kier molecular flexibility index (Phi) is 6.58. The van der Waals surface area contributed by atoms with Crippen molar-refractivity contribution in [2.24, 2.45) is 0 Å². The molecule has 1 N–H and O–H groups in total. The number of ether oxygens (including phenoxy) is 1. The first-order chi connectivity index (χ1) is 12.0. The number of rotatable bonds is 6. The van der Waals surface area contributed by atoms with E-state index >= 15 is 0 Å². The van der Waals surface area contributed by atoms with E-state index in [0.29, 0.717) is 0 Å². The summed E-state index contributed by atoms with van der Waals surface area (Å²) in [5.41, 5.74) is 1.60. The number of esters is 1. The molecule has 1 saturated carbocycles. The summed E-state index contributed by atoms with van der Waals surface area (Å²) in [4.78, 5) is 25.7. The van der Waals surface area contributed by atoms with Gasteiger partial charge in [0.2, 0.25) is 0 Å². The van der Waals surface area contributed by atoms with Gasteiger partial charge in [0.05, 0.1) is 0 Å². The van der Waals surface area contributed by atoms with Gasteiger partial charge in [-0.1, -0.05) is 25.0 Å². The summed E-state index contributed by atoms with van der Waals surface area (Å²) in [5.74, 6) is -1.12. The maximum absolute atomic E-state index is 12.0. The minimum absolute atomic E-state index is 0.133. The minimum atomic E-state index is -0.791. The summed E-state index contributed by atoms with van der Waals surface area (Å²) in [5, 5.41) is 12.0. The number of benzene rings is 1. The van der Waals surface area contributed by atoms with Crippen LogP contribution in [0.15, 0.2) is 29.8 Å². The maximum atomic E-state index is 12.0. The lowest BCUT2D eigenvalue weighted by Gasteiger charge is -2.12. The van der Waals surface area contributed by atoms with Crippen LogP contribution in [-0.2, 0) is 14.3 Å². The lowest BCUT2D eigenvalue weighted by atomic mass is 10.1. The van der Waals surface area contributed by atoms with Crippen LogP contribution in [0.3, 0.4) is 0 Å². The molecule has 6 nitrogen and oxygen atoms in total. The third-order valence-electron chi connectivity index (χ3n) is 4.12. The fourth-order valence-electron chi connectivity index (χ4n) is 2.72. The molecule has 1 aliphatic carbocycles. The zero-order chi connectivity index (χ0) is 18.2. The normalized spacial score (nSPS) is 14.7. The molecule has 1 aromatic carbocycles. The number of hydrogen-bond acceptors (Lipinski definition) is 5. The first-order valence-electron chi connectivity index (χ1n) is 8.35. The summed E-state index contributed by atoms with van der Waals surface area (Å²) < 4.78 is 4.95. The number of anilines is 1. The molecule has 1 amide bonds. The van der Waals surface area contributed by atoms with E-state index in [0.717, 1.165) is 36.9 Å². The molecule has 1 aromatic rings. The molecule has 0 unspecified atom stereocenters. The van der Waals surface area contributed by atoms with Gasteiger partial charge >= 0.3 is 5.97 Å². The molecule has 0 aromatic heterocycles. The van der Waals surface area contributed by atoms with E-state index in [2.05, 4.69) is 5.32 Å². The second-order valence-electron chi connectivity index (χ2n) is 6.28. The SMILES string of the molecule is CN(C)c1ccc(/C=C(\C#N)C(=O)OCC(=O)NC2CCCC2)cc1. The molecule has 0 heterocycles. The highest BCUT2D eigenvalue weighted by molar-refractivity contribution is 5.98. The molecule has 1 aliphatic rings. The van der Waals surface area contributed by atoms with Crippen molar-refractivity contribution in [2.75, 3.05) is 25.6 Å². The molecular formula is C19H23N3O3. The summed E-state index contributed by atoms with van der Waals surface area (Å²) in [6.45, 7) is -0.367. The van der Waals surface area contributed by atoms with E-state index in [4.69, 9.17) is 10.00 Å². The summed E-state index contributed by atoms with van der Waals surface area (Å²) >= 11 is 0. The Hall–Kier alpha value is -2.81. The van der Waals surface area contributed by atoms with Crippen LogP contribution in [0.25, 0.3) is 6.08 Å². The highest BCUT2D eigenvalue weighted by Gasteiger charge is 2.18. The molecular weight excluding hydrogens is 318 g/mol. The van der Waals surface area contributed by atoms with Crippen molar-refractivity contribution in [1.82, 2.24) is 5.32 Å². The first-order valence-corrected chi connectivity index (χ1v) is 8.35. The van der Waals surface area contributed by atoms with Crippen LogP contribution in [0.4, 0.5) is 5.69 Å². The van der Waals surface area contributed by atoms with Crippen molar-refractivity contribution in [3.05, 3.63) is 35.4 Å². The van der Waals surface area contributed by atoms with Gasteiger partial charge in [0.1, 0.15) is 11.6 Å². The Labute approximate surface area is 148 Å². The Morgan fingerprint density at radius 2 is 1.92 bits per heavy atom. The monoisotopic (exact) mass is 341 g/mol. The highest BCUT2D eigenvalue weighted by Crippen LogP contribution is 2.17. The number of carbonyl (C=O) groups is 2. The number of nitrogens with zero attached hydrogens (tertiary/aromatic N) is 2. The molecule has 132 valence electrons. The van der Waals surface area contributed by atoms with Crippen LogP contribution in [0.1, 0.15) is 31.2 Å².